The highest BCUT2D eigenvalue weighted by molar-refractivity contribution is 7.90. The maximum Gasteiger partial charge on any atom is 0.340 e. The van der Waals surface area contributed by atoms with Gasteiger partial charge in [0.15, 0.2) is 0 Å². The summed E-state index contributed by atoms with van der Waals surface area (Å²) in [5, 5.41) is 0.612. The molecule has 9 heteroatoms. The van der Waals surface area contributed by atoms with Crippen molar-refractivity contribution >= 4 is 38.7 Å². The summed E-state index contributed by atoms with van der Waals surface area (Å²) in [4.78, 5) is 25.1. The van der Waals surface area contributed by atoms with Crippen LogP contribution >= 0.6 is 0 Å². The maximum atomic E-state index is 13.0. The van der Waals surface area contributed by atoms with E-state index in [-0.39, 0.29) is 5.91 Å². The van der Waals surface area contributed by atoms with Crippen molar-refractivity contribution in [3.8, 4) is 0 Å². The monoisotopic (exact) mass is 415 g/mol. The van der Waals surface area contributed by atoms with Gasteiger partial charge in [0.05, 0.1) is 23.9 Å². The Hall–Kier alpha value is -3.17. The Morgan fingerprint density at radius 1 is 0.966 bits per heavy atom. The van der Waals surface area contributed by atoms with Crippen LogP contribution in [0, 0.1) is 0 Å². The van der Waals surface area contributed by atoms with Crippen LogP contribution in [0.2, 0.25) is 0 Å². The predicted octanol–water partition coefficient (Wildman–Crippen LogP) is 2.36. The molecule has 0 N–H and O–H groups in total. The molecule has 0 aliphatic rings. The Morgan fingerprint density at radius 2 is 1.59 bits per heavy atom. The normalized spacial score (nSPS) is 11.6. The van der Waals surface area contributed by atoms with Gasteiger partial charge >= 0.3 is 16.2 Å². The van der Waals surface area contributed by atoms with Crippen LogP contribution in [0.4, 0.5) is 5.69 Å². The van der Waals surface area contributed by atoms with E-state index in [0.717, 1.165) is 8.61 Å². The molecule has 152 valence electrons. The van der Waals surface area contributed by atoms with Gasteiger partial charge in [-0.1, -0.05) is 18.2 Å². The number of para-hydroxylation sites is 1. The van der Waals surface area contributed by atoms with Gasteiger partial charge < -0.3 is 4.74 Å². The maximum absolute atomic E-state index is 13.0. The van der Waals surface area contributed by atoms with Crippen molar-refractivity contribution in [1.29, 1.82) is 0 Å². The summed E-state index contributed by atoms with van der Waals surface area (Å²) in [5.74, 6) is -0.875. The standard InChI is InChI=1S/C20H21N3O5S/c1-21(2)29(26,27)22(3)15-11-9-14(10-12-15)19(24)23-13-17(20(25)28-4)16-7-5-6-8-18(16)23/h5-13H,1-4H3. The zero-order chi connectivity index (χ0) is 21.3. The van der Waals surface area contributed by atoms with Gasteiger partial charge in [-0.2, -0.15) is 12.7 Å². The third kappa shape index (κ3) is 3.62. The topological polar surface area (TPSA) is 88.9 Å². The number of carbonyl (C=O) groups is 2. The van der Waals surface area contributed by atoms with Crippen molar-refractivity contribution in [3.05, 3.63) is 65.9 Å². The second kappa shape index (κ2) is 7.69. The third-order valence-corrected chi connectivity index (χ3v) is 6.45. The smallest absolute Gasteiger partial charge is 0.340 e. The average molecular weight is 415 g/mol. The lowest BCUT2D eigenvalue weighted by Gasteiger charge is -2.23. The minimum absolute atomic E-state index is 0.296. The number of nitrogens with zero attached hydrogens (tertiary/aromatic N) is 3. The molecule has 0 saturated heterocycles. The SMILES string of the molecule is COC(=O)c1cn(C(=O)c2ccc(N(C)S(=O)(=O)N(C)C)cc2)c2ccccc12. The molecular formula is C20H21N3O5S. The lowest BCUT2D eigenvalue weighted by atomic mass is 10.2. The van der Waals surface area contributed by atoms with Gasteiger partial charge in [0.2, 0.25) is 0 Å². The van der Waals surface area contributed by atoms with Crippen molar-refractivity contribution in [2.75, 3.05) is 32.6 Å². The third-order valence-electron chi connectivity index (χ3n) is 4.62. The quantitative estimate of drug-likeness (QED) is 0.597. The summed E-state index contributed by atoms with van der Waals surface area (Å²) in [7, 11) is 1.98. The van der Waals surface area contributed by atoms with Crippen LogP contribution in [-0.2, 0) is 14.9 Å². The first-order valence-electron chi connectivity index (χ1n) is 8.68. The van der Waals surface area contributed by atoms with Gasteiger partial charge in [-0.25, -0.2) is 4.79 Å². The number of benzene rings is 2. The summed E-state index contributed by atoms with van der Waals surface area (Å²) in [5.41, 5.74) is 1.64. The molecule has 3 aromatic rings. The van der Waals surface area contributed by atoms with Gasteiger partial charge in [0.1, 0.15) is 0 Å². The lowest BCUT2D eigenvalue weighted by molar-refractivity contribution is 0.0603. The number of carbonyl (C=O) groups excluding carboxylic acids is 2. The van der Waals surface area contributed by atoms with Crippen molar-refractivity contribution in [2.24, 2.45) is 0 Å². The molecule has 3 rings (SSSR count). The predicted molar refractivity (Wildman–Crippen MR) is 110 cm³/mol. The number of ether oxygens (including phenoxy) is 1. The van der Waals surface area contributed by atoms with Crippen molar-refractivity contribution < 1.29 is 22.7 Å². The Morgan fingerprint density at radius 3 is 2.17 bits per heavy atom. The molecule has 0 atom stereocenters. The molecule has 0 aliphatic heterocycles. The van der Waals surface area contributed by atoms with E-state index in [1.54, 1.807) is 48.5 Å². The minimum atomic E-state index is -3.63. The van der Waals surface area contributed by atoms with Crippen molar-refractivity contribution in [2.45, 2.75) is 0 Å². The van der Waals surface area contributed by atoms with Crippen LogP contribution < -0.4 is 4.31 Å². The largest absolute Gasteiger partial charge is 0.465 e. The summed E-state index contributed by atoms with van der Waals surface area (Å²) >= 11 is 0. The molecule has 0 spiro atoms. The van der Waals surface area contributed by atoms with Gasteiger partial charge in [-0.15, -0.1) is 0 Å². The number of hydrogen-bond acceptors (Lipinski definition) is 5. The zero-order valence-corrected chi connectivity index (χ0v) is 17.3. The number of methoxy groups -OCH3 is 1. The Kier molecular flexibility index (Phi) is 5.45. The summed E-state index contributed by atoms with van der Waals surface area (Å²) in [6, 6.07) is 13.2. The molecule has 0 bridgehead atoms. The summed E-state index contributed by atoms with van der Waals surface area (Å²) < 4.78 is 32.9. The number of fused-ring (bicyclic) bond motifs is 1. The molecule has 0 radical (unpaired) electrons. The Balaban J connectivity index is 1.99. The molecule has 0 unspecified atom stereocenters. The number of aromatic nitrogens is 1. The summed E-state index contributed by atoms with van der Waals surface area (Å²) in [6.45, 7) is 0. The number of rotatable bonds is 5. The van der Waals surface area contributed by atoms with E-state index in [4.69, 9.17) is 4.74 Å². The van der Waals surface area contributed by atoms with Crippen LogP contribution in [0.3, 0.4) is 0 Å². The van der Waals surface area contributed by atoms with E-state index in [1.807, 2.05) is 0 Å². The van der Waals surface area contributed by atoms with Crippen LogP contribution in [-0.4, -0.2) is 57.4 Å². The first-order valence-corrected chi connectivity index (χ1v) is 10.1. The average Bonchev–Trinajstić information content (AvgIpc) is 3.11. The van der Waals surface area contributed by atoms with Crippen LogP contribution in [0.25, 0.3) is 10.9 Å². The van der Waals surface area contributed by atoms with Gasteiger partial charge in [0.25, 0.3) is 5.91 Å². The number of esters is 1. The highest BCUT2D eigenvalue weighted by Gasteiger charge is 2.22. The van der Waals surface area contributed by atoms with Gasteiger partial charge in [-0.05, 0) is 30.3 Å². The van der Waals surface area contributed by atoms with Crippen LogP contribution in [0.15, 0.2) is 54.7 Å². The molecular weight excluding hydrogens is 394 g/mol. The molecule has 0 amide bonds. The Labute approximate surface area is 169 Å². The fraction of sp³-hybridized carbons (Fsp3) is 0.200. The molecule has 0 saturated carbocycles. The van der Waals surface area contributed by atoms with Crippen molar-refractivity contribution in [3.63, 3.8) is 0 Å². The molecule has 1 aromatic heterocycles. The van der Waals surface area contributed by atoms with Crippen LogP contribution in [0.1, 0.15) is 20.7 Å². The minimum Gasteiger partial charge on any atom is -0.465 e. The fourth-order valence-corrected chi connectivity index (χ4v) is 3.83. The van der Waals surface area contributed by atoms with E-state index < -0.39 is 16.2 Å². The Bertz CT molecular complexity index is 1180. The number of hydrogen-bond donors (Lipinski definition) is 0. The first kappa shape index (κ1) is 20.6. The van der Waals surface area contributed by atoms with E-state index >= 15 is 0 Å². The van der Waals surface area contributed by atoms with E-state index in [0.29, 0.717) is 27.7 Å². The van der Waals surface area contributed by atoms with Gasteiger partial charge in [0, 0.05) is 38.3 Å². The first-order chi connectivity index (χ1) is 13.7. The molecule has 1 heterocycles. The van der Waals surface area contributed by atoms with Crippen LogP contribution in [0.5, 0.6) is 0 Å². The zero-order valence-electron chi connectivity index (χ0n) is 16.5. The lowest BCUT2D eigenvalue weighted by Crippen LogP contribution is -2.37. The molecule has 0 aliphatic carbocycles. The molecule has 2 aromatic carbocycles. The number of anilines is 1. The van der Waals surface area contributed by atoms with E-state index in [2.05, 4.69) is 0 Å². The summed E-state index contributed by atoms with van der Waals surface area (Å²) in [6.07, 6.45) is 1.45. The molecule has 29 heavy (non-hydrogen) atoms. The molecule has 0 fully saturated rings. The van der Waals surface area contributed by atoms with Crippen molar-refractivity contribution in [1.82, 2.24) is 8.87 Å². The van der Waals surface area contributed by atoms with E-state index in [9.17, 15) is 18.0 Å². The molecule has 8 nitrogen and oxygen atoms in total. The highest BCUT2D eigenvalue weighted by atomic mass is 32.2. The fourth-order valence-electron chi connectivity index (χ4n) is 2.95. The highest BCUT2D eigenvalue weighted by Crippen LogP contribution is 2.24. The van der Waals surface area contributed by atoms with Gasteiger partial charge in [-0.3, -0.25) is 13.7 Å². The second-order valence-electron chi connectivity index (χ2n) is 6.53. The van der Waals surface area contributed by atoms with E-state index in [1.165, 1.54) is 39.0 Å². The second-order valence-corrected chi connectivity index (χ2v) is 8.70.